The number of urea groups is 1. The number of hydrogen-bond acceptors (Lipinski definition) is 4. The van der Waals surface area contributed by atoms with Gasteiger partial charge in [-0.25, -0.2) is 9.78 Å². The molecule has 2 aliphatic heterocycles. The molecule has 0 bridgehead atoms. The van der Waals surface area contributed by atoms with Crippen LogP contribution in [0.15, 0.2) is 42.6 Å². The maximum atomic E-state index is 12.8. The Bertz CT molecular complexity index is 853. The van der Waals surface area contributed by atoms with Crippen molar-refractivity contribution in [2.75, 3.05) is 17.2 Å². The molecule has 2 aromatic rings. The minimum atomic E-state index is -0.448. The van der Waals surface area contributed by atoms with Gasteiger partial charge >= 0.3 is 6.03 Å². The van der Waals surface area contributed by atoms with E-state index in [-0.39, 0.29) is 11.9 Å². The highest BCUT2D eigenvalue weighted by atomic mass is 16.5. The van der Waals surface area contributed by atoms with Crippen molar-refractivity contribution in [2.45, 2.75) is 26.1 Å². The average Bonchev–Trinajstić information content (AvgIpc) is 3.17. The van der Waals surface area contributed by atoms with Crippen molar-refractivity contribution in [3.8, 4) is 0 Å². The molecule has 3 amide bonds. The minimum absolute atomic E-state index is 0.0371. The summed E-state index contributed by atoms with van der Waals surface area (Å²) in [6.07, 6.45) is 1.15. The van der Waals surface area contributed by atoms with Gasteiger partial charge < -0.3 is 15.0 Å². The van der Waals surface area contributed by atoms with E-state index in [1.165, 1.54) is 0 Å². The maximum absolute atomic E-state index is 12.8. The highest BCUT2D eigenvalue weighted by Crippen LogP contribution is 2.45. The summed E-state index contributed by atoms with van der Waals surface area (Å²) in [7, 11) is 0. The highest BCUT2D eigenvalue weighted by Gasteiger charge is 2.48. The Kier molecular flexibility index (Phi) is 4.08. The lowest BCUT2D eigenvalue weighted by Gasteiger charge is -2.24. The summed E-state index contributed by atoms with van der Waals surface area (Å²) >= 11 is 0. The summed E-state index contributed by atoms with van der Waals surface area (Å²) in [4.78, 5) is 31.0. The fraction of sp³-hybridized carbons (Fsp3) is 0.316. The minimum Gasteiger partial charge on any atom is -0.352 e. The number of fused-ring (bicyclic) bond motifs is 3. The van der Waals surface area contributed by atoms with Crippen molar-refractivity contribution in [3.05, 3.63) is 53.7 Å². The zero-order chi connectivity index (χ0) is 18.3. The molecule has 2 N–H and O–H groups in total. The zero-order valence-electron chi connectivity index (χ0n) is 14.6. The molecule has 3 heterocycles. The predicted molar refractivity (Wildman–Crippen MR) is 96.8 cm³/mol. The van der Waals surface area contributed by atoms with Crippen LogP contribution in [0.1, 0.15) is 36.0 Å². The number of benzene rings is 1. The molecule has 134 valence electrons. The molecular weight excluding hydrogens is 332 g/mol. The molecule has 1 unspecified atom stereocenters. The van der Waals surface area contributed by atoms with Crippen molar-refractivity contribution < 1.29 is 14.3 Å². The Hall–Kier alpha value is -2.93. The van der Waals surface area contributed by atoms with Crippen molar-refractivity contribution in [1.29, 1.82) is 0 Å². The molecule has 0 saturated carbocycles. The summed E-state index contributed by atoms with van der Waals surface area (Å²) in [6, 6.07) is 10.2. The van der Waals surface area contributed by atoms with Crippen LogP contribution in [-0.4, -0.2) is 34.5 Å². The van der Waals surface area contributed by atoms with E-state index >= 15 is 0 Å². The van der Waals surface area contributed by atoms with Crippen molar-refractivity contribution in [1.82, 2.24) is 9.88 Å². The molecule has 7 nitrogen and oxygen atoms in total. The largest absolute Gasteiger partial charge is 0.352 e. The molecule has 1 aromatic carbocycles. The van der Waals surface area contributed by atoms with Gasteiger partial charge in [0.2, 0.25) is 0 Å². The number of nitrogens with one attached hydrogen (secondary N) is 2. The molecule has 4 rings (SSSR count). The number of hydrogen-bond donors (Lipinski definition) is 2. The van der Waals surface area contributed by atoms with E-state index in [9.17, 15) is 9.59 Å². The summed E-state index contributed by atoms with van der Waals surface area (Å²) in [5.41, 5.74) is 1.87. The Morgan fingerprint density at radius 3 is 2.81 bits per heavy atom. The SMILES string of the molecule is CC(C)[C@H]1COC2c3c(NC(=O)Nc4ccccn4)cccc3C(=O)N21. The van der Waals surface area contributed by atoms with E-state index in [1.807, 2.05) is 0 Å². The third-order valence-corrected chi connectivity index (χ3v) is 4.78. The maximum Gasteiger partial charge on any atom is 0.324 e. The zero-order valence-corrected chi connectivity index (χ0v) is 14.6. The quantitative estimate of drug-likeness (QED) is 0.888. The van der Waals surface area contributed by atoms with Crippen LogP contribution in [0.3, 0.4) is 0 Å². The first-order valence-electron chi connectivity index (χ1n) is 8.62. The molecule has 1 saturated heterocycles. The Morgan fingerprint density at radius 1 is 1.23 bits per heavy atom. The summed E-state index contributed by atoms with van der Waals surface area (Å²) in [5, 5.41) is 5.50. The van der Waals surface area contributed by atoms with E-state index in [0.29, 0.717) is 29.6 Å². The fourth-order valence-corrected chi connectivity index (χ4v) is 3.49. The summed E-state index contributed by atoms with van der Waals surface area (Å²) in [5.74, 6) is 0.698. The van der Waals surface area contributed by atoms with Crippen molar-refractivity contribution in [3.63, 3.8) is 0 Å². The second kappa shape index (κ2) is 6.42. The fourth-order valence-electron chi connectivity index (χ4n) is 3.49. The van der Waals surface area contributed by atoms with Gasteiger partial charge in [-0.05, 0) is 30.2 Å². The van der Waals surface area contributed by atoms with Gasteiger partial charge in [-0.15, -0.1) is 0 Å². The van der Waals surface area contributed by atoms with Crippen molar-refractivity contribution in [2.24, 2.45) is 5.92 Å². The molecule has 1 aromatic heterocycles. The van der Waals surface area contributed by atoms with Gasteiger partial charge in [-0.2, -0.15) is 0 Å². The third-order valence-electron chi connectivity index (χ3n) is 4.78. The van der Waals surface area contributed by atoms with E-state index in [0.717, 1.165) is 5.56 Å². The molecular formula is C19H20N4O3. The van der Waals surface area contributed by atoms with Crippen LogP contribution in [0, 0.1) is 5.92 Å². The van der Waals surface area contributed by atoms with Gasteiger partial charge in [0.25, 0.3) is 5.91 Å². The van der Waals surface area contributed by atoms with Crippen LogP contribution in [0.5, 0.6) is 0 Å². The number of nitrogens with zero attached hydrogens (tertiary/aromatic N) is 2. The lowest BCUT2D eigenvalue weighted by molar-refractivity contribution is 0.0342. The average molecular weight is 352 g/mol. The first kappa shape index (κ1) is 16.5. The Labute approximate surface area is 151 Å². The molecule has 0 radical (unpaired) electrons. The van der Waals surface area contributed by atoms with Gasteiger partial charge in [-0.1, -0.05) is 26.0 Å². The monoisotopic (exact) mass is 352 g/mol. The molecule has 2 aliphatic rings. The van der Waals surface area contributed by atoms with Gasteiger partial charge in [0.1, 0.15) is 5.82 Å². The molecule has 1 fully saturated rings. The van der Waals surface area contributed by atoms with Crippen LogP contribution in [0.2, 0.25) is 0 Å². The van der Waals surface area contributed by atoms with Gasteiger partial charge in [0.05, 0.1) is 18.3 Å². The lowest BCUT2D eigenvalue weighted by Crippen LogP contribution is -2.37. The number of ether oxygens (including phenoxy) is 1. The Morgan fingerprint density at radius 2 is 2.08 bits per heavy atom. The standard InChI is InChI=1S/C19H20N4O3/c1-11(2)14-10-26-18-16-12(17(24)23(14)18)6-5-7-13(16)21-19(25)22-15-8-3-4-9-20-15/h3-9,11,14,18H,10H2,1-2H3,(H2,20,21,22,25)/t14-,18?/m1/s1. The number of aromatic nitrogens is 1. The predicted octanol–water partition coefficient (Wildman–Crippen LogP) is 3.23. The number of amides is 3. The number of rotatable bonds is 3. The number of carbonyl (C=O) groups is 2. The smallest absolute Gasteiger partial charge is 0.324 e. The van der Waals surface area contributed by atoms with Crippen LogP contribution >= 0.6 is 0 Å². The topological polar surface area (TPSA) is 83.6 Å². The number of anilines is 2. The molecule has 2 atom stereocenters. The lowest BCUT2D eigenvalue weighted by atomic mass is 10.0. The summed E-state index contributed by atoms with van der Waals surface area (Å²) < 4.78 is 5.91. The summed E-state index contributed by atoms with van der Waals surface area (Å²) in [6.45, 7) is 4.65. The second-order valence-electron chi connectivity index (χ2n) is 6.77. The van der Waals surface area contributed by atoms with Crippen LogP contribution < -0.4 is 10.6 Å². The van der Waals surface area contributed by atoms with E-state index in [2.05, 4.69) is 29.5 Å². The molecule has 7 heteroatoms. The van der Waals surface area contributed by atoms with E-state index < -0.39 is 12.3 Å². The first-order valence-corrected chi connectivity index (χ1v) is 8.62. The van der Waals surface area contributed by atoms with Crippen LogP contribution in [-0.2, 0) is 4.74 Å². The van der Waals surface area contributed by atoms with E-state index in [4.69, 9.17) is 4.74 Å². The van der Waals surface area contributed by atoms with Gasteiger partial charge in [0, 0.05) is 17.3 Å². The Balaban J connectivity index is 1.60. The van der Waals surface area contributed by atoms with Crippen LogP contribution in [0.4, 0.5) is 16.3 Å². The van der Waals surface area contributed by atoms with E-state index in [1.54, 1.807) is 47.5 Å². The van der Waals surface area contributed by atoms with Crippen LogP contribution in [0.25, 0.3) is 0 Å². The second-order valence-corrected chi connectivity index (χ2v) is 6.77. The normalized spacial score (nSPS) is 20.9. The van der Waals surface area contributed by atoms with Crippen molar-refractivity contribution >= 4 is 23.4 Å². The van der Waals surface area contributed by atoms with Gasteiger partial charge in [0.15, 0.2) is 6.23 Å². The number of carbonyl (C=O) groups excluding carboxylic acids is 2. The first-order chi connectivity index (χ1) is 12.6. The highest BCUT2D eigenvalue weighted by molar-refractivity contribution is 6.05. The third kappa shape index (κ3) is 2.70. The number of pyridine rings is 1. The molecule has 0 aliphatic carbocycles. The molecule has 26 heavy (non-hydrogen) atoms. The van der Waals surface area contributed by atoms with Gasteiger partial charge in [-0.3, -0.25) is 10.1 Å². The molecule has 0 spiro atoms.